The second-order valence-corrected chi connectivity index (χ2v) is 7.20. The van der Waals surface area contributed by atoms with E-state index in [-0.39, 0.29) is 17.7 Å². The predicted octanol–water partition coefficient (Wildman–Crippen LogP) is 2.22. The molecular formula is C10H20BrNO2S. The Morgan fingerprint density at radius 2 is 2.07 bits per heavy atom. The SMILES string of the molecule is CC(C)CS(=O)(=O)N1CCCCC1CBr. The van der Waals surface area contributed by atoms with Crippen molar-refractivity contribution in [3.8, 4) is 0 Å². The number of piperidine rings is 1. The zero-order valence-corrected chi connectivity index (χ0v) is 11.8. The van der Waals surface area contributed by atoms with Gasteiger partial charge in [0.1, 0.15) is 0 Å². The van der Waals surface area contributed by atoms with Crippen LogP contribution < -0.4 is 0 Å². The standard InChI is InChI=1S/C10H20BrNO2S/c1-9(2)8-15(13,14)12-6-4-3-5-10(12)7-11/h9-10H,3-8H2,1-2H3. The van der Waals surface area contributed by atoms with Gasteiger partial charge in [-0.2, -0.15) is 4.31 Å². The van der Waals surface area contributed by atoms with E-state index in [4.69, 9.17) is 0 Å². The van der Waals surface area contributed by atoms with Crippen LogP contribution in [0.2, 0.25) is 0 Å². The maximum Gasteiger partial charge on any atom is 0.214 e. The second kappa shape index (κ2) is 5.64. The van der Waals surface area contributed by atoms with Gasteiger partial charge in [0.25, 0.3) is 0 Å². The predicted molar refractivity (Wildman–Crippen MR) is 66.8 cm³/mol. The van der Waals surface area contributed by atoms with Gasteiger partial charge in [-0.15, -0.1) is 0 Å². The molecule has 1 aliphatic heterocycles. The average Bonchev–Trinajstić information content (AvgIpc) is 2.16. The minimum Gasteiger partial charge on any atom is -0.212 e. The van der Waals surface area contributed by atoms with Crippen LogP contribution in [0.1, 0.15) is 33.1 Å². The lowest BCUT2D eigenvalue weighted by atomic mass is 10.1. The van der Waals surface area contributed by atoms with E-state index in [1.807, 2.05) is 13.8 Å². The van der Waals surface area contributed by atoms with Crippen LogP contribution in [0.25, 0.3) is 0 Å². The first kappa shape index (κ1) is 13.5. The number of nitrogens with zero attached hydrogens (tertiary/aromatic N) is 1. The van der Waals surface area contributed by atoms with Crippen LogP contribution in [0, 0.1) is 5.92 Å². The molecule has 3 nitrogen and oxygen atoms in total. The van der Waals surface area contributed by atoms with Crippen LogP contribution in [0.4, 0.5) is 0 Å². The molecular weight excluding hydrogens is 278 g/mol. The summed E-state index contributed by atoms with van der Waals surface area (Å²) >= 11 is 3.40. The average molecular weight is 298 g/mol. The summed E-state index contributed by atoms with van der Waals surface area (Å²) in [4.78, 5) is 0. The van der Waals surface area contributed by atoms with Crippen LogP contribution in [-0.2, 0) is 10.0 Å². The Kier molecular flexibility index (Phi) is 5.06. The van der Waals surface area contributed by atoms with Gasteiger partial charge >= 0.3 is 0 Å². The van der Waals surface area contributed by atoms with Gasteiger partial charge in [-0.05, 0) is 18.8 Å². The summed E-state index contributed by atoms with van der Waals surface area (Å²) in [7, 11) is -3.04. The smallest absolute Gasteiger partial charge is 0.212 e. The monoisotopic (exact) mass is 297 g/mol. The highest BCUT2D eigenvalue weighted by molar-refractivity contribution is 9.09. The summed E-state index contributed by atoms with van der Waals surface area (Å²) in [5.74, 6) is 0.476. The van der Waals surface area contributed by atoms with Crippen molar-refractivity contribution in [2.24, 2.45) is 5.92 Å². The van der Waals surface area contributed by atoms with Crippen molar-refractivity contribution in [3.63, 3.8) is 0 Å². The van der Waals surface area contributed by atoms with E-state index in [1.165, 1.54) is 0 Å². The van der Waals surface area contributed by atoms with Crippen molar-refractivity contribution < 1.29 is 8.42 Å². The second-order valence-electron chi connectivity index (χ2n) is 4.59. The van der Waals surface area contributed by atoms with Gasteiger partial charge < -0.3 is 0 Å². The molecule has 0 bridgehead atoms. The minimum absolute atomic E-state index is 0.169. The molecule has 0 amide bonds. The molecule has 1 aliphatic rings. The van der Waals surface area contributed by atoms with Gasteiger partial charge in [-0.1, -0.05) is 36.2 Å². The largest absolute Gasteiger partial charge is 0.214 e. The molecule has 0 radical (unpaired) electrons. The first-order chi connectivity index (χ1) is 6.97. The van der Waals surface area contributed by atoms with Crippen molar-refractivity contribution in [2.75, 3.05) is 17.6 Å². The van der Waals surface area contributed by atoms with Crippen LogP contribution in [0.5, 0.6) is 0 Å². The number of hydrogen-bond donors (Lipinski definition) is 0. The topological polar surface area (TPSA) is 37.4 Å². The number of alkyl halides is 1. The Bertz CT molecular complexity index is 290. The number of sulfonamides is 1. The zero-order chi connectivity index (χ0) is 11.5. The van der Waals surface area contributed by atoms with Crippen molar-refractivity contribution in [2.45, 2.75) is 39.2 Å². The molecule has 1 fully saturated rings. The summed E-state index contributed by atoms with van der Waals surface area (Å²) in [5, 5.41) is 0.754. The molecule has 0 aromatic heterocycles. The van der Waals surface area contributed by atoms with E-state index in [2.05, 4.69) is 15.9 Å². The lowest BCUT2D eigenvalue weighted by molar-refractivity contribution is 0.272. The summed E-state index contributed by atoms with van der Waals surface area (Å²) in [6.45, 7) is 4.60. The molecule has 1 atom stereocenters. The van der Waals surface area contributed by atoms with Crippen molar-refractivity contribution in [1.29, 1.82) is 0 Å². The molecule has 0 spiro atoms. The molecule has 1 rings (SSSR count). The van der Waals surface area contributed by atoms with E-state index >= 15 is 0 Å². The number of halogens is 1. The van der Waals surface area contributed by atoms with E-state index < -0.39 is 10.0 Å². The molecule has 0 saturated carbocycles. The molecule has 1 heterocycles. The van der Waals surface area contributed by atoms with Gasteiger partial charge in [0, 0.05) is 17.9 Å². The first-order valence-electron chi connectivity index (χ1n) is 5.53. The highest BCUT2D eigenvalue weighted by Crippen LogP contribution is 2.23. The zero-order valence-electron chi connectivity index (χ0n) is 9.45. The van der Waals surface area contributed by atoms with E-state index in [9.17, 15) is 8.42 Å². The third-order valence-corrected chi connectivity index (χ3v) is 5.68. The molecule has 0 aromatic carbocycles. The highest BCUT2D eigenvalue weighted by Gasteiger charge is 2.31. The maximum absolute atomic E-state index is 12.1. The fraction of sp³-hybridized carbons (Fsp3) is 1.00. The molecule has 0 N–H and O–H groups in total. The third kappa shape index (κ3) is 3.71. The van der Waals surface area contributed by atoms with Crippen LogP contribution >= 0.6 is 15.9 Å². The van der Waals surface area contributed by atoms with Crippen molar-refractivity contribution in [3.05, 3.63) is 0 Å². The summed E-state index contributed by atoms with van der Waals surface area (Å²) < 4.78 is 25.8. The van der Waals surface area contributed by atoms with Crippen LogP contribution in [-0.4, -0.2) is 36.4 Å². The van der Waals surface area contributed by atoms with Gasteiger partial charge in [-0.3, -0.25) is 0 Å². The highest BCUT2D eigenvalue weighted by atomic mass is 79.9. The first-order valence-corrected chi connectivity index (χ1v) is 8.26. The summed E-state index contributed by atoms with van der Waals surface area (Å²) in [5.41, 5.74) is 0. The fourth-order valence-electron chi connectivity index (χ4n) is 2.01. The molecule has 15 heavy (non-hydrogen) atoms. The quantitative estimate of drug-likeness (QED) is 0.746. The Morgan fingerprint density at radius 3 is 2.60 bits per heavy atom. The third-order valence-electron chi connectivity index (χ3n) is 2.65. The minimum atomic E-state index is -3.04. The number of rotatable bonds is 4. The molecule has 0 aromatic rings. The Labute approximate surface area is 101 Å². The van der Waals surface area contributed by atoms with Crippen LogP contribution in [0.15, 0.2) is 0 Å². The molecule has 5 heteroatoms. The fourth-order valence-corrected chi connectivity index (χ4v) is 4.95. The molecule has 1 unspecified atom stereocenters. The normalized spacial score (nSPS) is 24.7. The summed E-state index contributed by atoms with van der Waals surface area (Å²) in [6.07, 6.45) is 3.13. The lowest BCUT2D eigenvalue weighted by Gasteiger charge is -2.34. The maximum atomic E-state index is 12.1. The van der Waals surface area contributed by atoms with Gasteiger partial charge in [-0.25, -0.2) is 8.42 Å². The van der Waals surface area contributed by atoms with E-state index in [1.54, 1.807) is 4.31 Å². The Hall–Kier alpha value is 0.390. The van der Waals surface area contributed by atoms with Gasteiger partial charge in [0.15, 0.2) is 0 Å². The Balaban J connectivity index is 2.74. The van der Waals surface area contributed by atoms with E-state index in [0.717, 1.165) is 24.6 Å². The molecule has 1 saturated heterocycles. The lowest BCUT2D eigenvalue weighted by Crippen LogP contribution is -2.46. The molecule has 90 valence electrons. The Morgan fingerprint density at radius 1 is 1.40 bits per heavy atom. The van der Waals surface area contributed by atoms with Crippen molar-refractivity contribution >= 4 is 26.0 Å². The molecule has 0 aliphatic carbocycles. The van der Waals surface area contributed by atoms with Crippen LogP contribution in [0.3, 0.4) is 0 Å². The summed E-state index contributed by atoms with van der Waals surface area (Å²) in [6, 6.07) is 0.169. The van der Waals surface area contributed by atoms with Crippen molar-refractivity contribution in [1.82, 2.24) is 4.31 Å². The van der Waals surface area contributed by atoms with E-state index in [0.29, 0.717) is 6.54 Å². The van der Waals surface area contributed by atoms with Gasteiger partial charge in [0.05, 0.1) is 5.75 Å². The number of hydrogen-bond acceptors (Lipinski definition) is 2. The van der Waals surface area contributed by atoms with Gasteiger partial charge in [0.2, 0.25) is 10.0 Å².